The molecule has 5 rings (SSSR count). The molecular formula is C27H35N5O3S. The number of aromatic nitrogens is 2. The zero-order chi connectivity index (χ0) is 25.1. The minimum absolute atomic E-state index is 0.00817. The highest BCUT2D eigenvalue weighted by Gasteiger charge is 2.31. The number of ether oxygens (including phenoxy) is 1. The summed E-state index contributed by atoms with van der Waals surface area (Å²) in [6.07, 6.45) is 4.92. The molecule has 0 radical (unpaired) electrons. The van der Waals surface area contributed by atoms with Crippen LogP contribution >= 0.6 is 0 Å². The lowest BCUT2D eigenvalue weighted by Gasteiger charge is -2.37. The first-order valence-electron chi connectivity index (χ1n) is 12.9. The topological polar surface area (TPSA) is 78.9 Å². The summed E-state index contributed by atoms with van der Waals surface area (Å²) < 4.78 is 33.1. The Balaban J connectivity index is 1.34. The van der Waals surface area contributed by atoms with Crippen LogP contribution in [0.15, 0.2) is 53.4 Å². The molecule has 2 saturated heterocycles. The molecule has 9 heteroatoms. The van der Waals surface area contributed by atoms with Gasteiger partial charge in [-0.15, -0.1) is 0 Å². The third kappa shape index (κ3) is 5.05. The number of sulfonamides is 1. The van der Waals surface area contributed by atoms with Crippen LogP contribution in [0.1, 0.15) is 44.5 Å². The highest BCUT2D eigenvalue weighted by molar-refractivity contribution is 7.89. The Morgan fingerprint density at radius 3 is 2.17 bits per heavy atom. The van der Waals surface area contributed by atoms with Crippen molar-refractivity contribution in [2.75, 3.05) is 51.3 Å². The van der Waals surface area contributed by atoms with Gasteiger partial charge in [-0.1, -0.05) is 25.0 Å². The molecule has 2 fully saturated rings. The lowest BCUT2D eigenvalue weighted by molar-refractivity contribution is 0.141. The van der Waals surface area contributed by atoms with Crippen molar-refractivity contribution in [2.24, 2.45) is 0 Å². The monoisotopic (exact) mass is 509 g/mol. The summed E-state index contributed by atoms with van der Waals surface area (Å²) in [6.45, 7) is 6.31. The van der Waals surface area contributed by atoms with Crippen molar-refractivity contribution >= 4 is 26.7 Å². The normalized spacial score (nSPS) is 19.2. The van der Waals surface area contributed by atoms with E-state index in [1.807, 2.05) is 6.07 Å². The van der Waals surface area contributed by atoms with E-state index in [9.17, 15) is 8.42 Å². The van der Waals surface area contributed by atoms with Crippen LogP contribution < -0.4 is 9.64 Å². The quantitative estimate of drug-likeness (QED) is 0.495. The number of anilines is 1. The molecule has 2 aliphatic heterocycles. The Labute approximate surface area is 213 Å². The van der Waals surface area contributed by atoms with Crippen LogP contribution in [0.3, 0.4) is 0 Å². The minimum atomic E-state index is -3.54. The second-order valence-corrected chi connectivity index (χ2v) is 11.6. The highest BCUT2D eigenvalue weighted by Crippen LogP contribution is 2.30. The smallest absolute Gasteiger partial charge is 0.243 e. The fourth-order valence-corrected chi connectivity index (χ4v) is 6.60. The molecule has 0 saturated carbocycles. The second kappa shape index (κ2) is 10.7. The third-order valence-electron chi connectivity index (χ3n) is 7.40. The first kappa shape index (κ1) is 24.9. The molecule has 36 heavy (non-hydrogen) atoms. The molecule has 192 valence electrons. The van der Waals surface area contributed by atoms with Crippen LogP contribution in [0.5, 0.6) is 5.75 Å². The predicted octanol–water partition coefficient (Wildman–Crippen LogP) is 4.09. The van der Waals surface area contributed by atoms with Gasteiger partial charge in [0.2, 0.25) is 10.0 Å². The molecule has 1 aromatic heterocycles. The molecule has 2 aliphatic rings. The van der Waals surface area contributed by atoms with Crippen LogP contribution in [0.2, 0.25) is 0 Å². The molecule has 2 aromatic carbocycles. The van der Waals surface area contributed by atoms with E-state index in [2.05, 4.69) is 34.9 Å². The molecule has 8 nitrogen and oxygen atoms in total. The Hall–Kier alpha value is -2.75. The molecular weight excluding hydrogens is 474 g/mol. The average Bonchev–Trinajstić information content (AvgIpc) is 3.22. The fourth-order valence-electron chi connectivity index (χ4n) is 5.18. The van der Waals surface area contributed by atoms with Crippen molar-refractivity contribution in [1.29, 1.82) is 0 Å². The number of hydrogen-bond acceptors (Lipinski definition) is 7. The predicted molar refractivity (Wildman–Crippen MR) is 142 cm³/mol. The van der Waals surface area contributed by atoms with Gasteiger partial charge in [0.1, 0.15) is 17.4 Å². The first-order chi connectivity index (χ1) is 17.5. The van der Waals surface area contributed by atoms with Crippen LogP contribution in [-0.2, 0) is 10.0 Å². The van der Waals surface area contributed by atoms with Crippen LogP contribution in [0, 0.1) is 0 Å². The lowest BCUT2D eigenvalue weighted by Crippen LogP contribution is -2.49. The van der Waals surface area contributed by atoms with Crippen molar-refractivity contribution in [2.45, 2.75) is 43.5 Å². The van der Waals surface area contributed by atoms with E-state index in [4.69, 9.17) is 14.7 Å². The van der Waals surface area contributed by atoms with Gasteiger partial charge < -0.3 is 9.64 Å². The van der Waals surface area contributed by atoms with Crippen molar-refractivity contribution in [1.82, 2.24) is 19.2 Å². The number of fused-ring (bicyclic) bond motifs is 1. The Morgan fingerprint density at radius 1 is 0.833 bits per heavy atom. The van der Waals surface area contributed by atoms with Crippen molar-refractivity contribution < 1.29 is 13.2 Å². The van der Waals surface area contributed by atoms with Crippen LogP contribution in [0.4, 0.5) is 5.82 Å². The zero-order valence-electron chi connectivity index (χ0n) is 21.1. The molecule has 0 N–H and O–H groups in total. The SMILES string of the molecule is COc1ccc(S(=O)(=O)N2CCN(C(C)c3nc(N4CCCCCC4)c4ccccc4n3)CC2)cc1. The molecule has 0 spiro atoms. The van der Waals surface area contributed by atoms with E-state index in [1.165, 1.54) is 25.7 Å². The number of nitrogens with zero attached hydrogens (tertiary/aromatic N) is 5. The van der Waals surface area contributed by atoms with E-state index in [0.717, 1.165) is 35.6 Å². The zero-order valence-corrected chi connectivity index (χ0v) is 22.0. The molecule has 3 aromatic rings. The van der Waals surface area contributed by atoms with E-state index >= 15 is 0 Å². The first-order valence-corrected chi connectivity index (χ1v) is 14.3. The van der Waals surface area contributed by atoms with E-state index in [0.29, 0.717) is 36.8 Å². The number of methoxy groups -OCH3 is 1. The molecule has 3 heterocycles. The van der Waals surface area contributed by atoms with Crippen LogP contribution in [0.25, 0.3) is 10.9 Å². The second-order valence-electron chi connectivity index (χ2n) is 9.62. The number of benzene rings is 2. The summed E-state index contributed by atoms with van der Waals surface area (Å²) in [5, 5.41) is 1.10. The van der Waals surface area contributed by atoms with Gasteiger partial charge in [-0.2, -0.15) is 4.31 Å². The molecule has 0 aliphatic carbocycles. The summed E-state index contributed by atoms with van der Waals surface area (Å²) in [4.78, 5) is 15.0. The summed E-state index contributed by atoms with van der Waals surface area (Å²) in [6, 6.07) is 14.8. The maximum Gasteiger partial charge on any atom is 0.243 e. The largest absolute Gasteiger partial charge is 0.497 e. The Bertz CT molecular complexity index is 1280. The number of para-hydroxylation sites is 1. The number of hydrogen-bond donors (Lipinski definition) is 0. The van der Waals surface area contributed by atoms with E-state index in [1.54, 1.807) is 35.7 Å². The van der Waals surface area contributed by atoms with E-state index < -0.39 is 10.0 Å². The van der Waals surface area contributed by atoms with Gasteiger partial charge in [0.05, 0.1) is 23.6 Å². The summed E-state index contributed by atoms with van der Waals surface area (Å²) in [7, 11) is -1.97. The average molecular weight is 510 g/mol. The van der Waals surface area contributed by atoms with Crippen molar-refractivity contribution in [3.05, 3.63) is 54.4 Å². The van der Waals surface area contributed by atoms with Gasteiger partial charge in [-0.3, -0.25) is 4.90 Å². The standard InChI is InChI=1S/C27H35N5O3S/c1-21(30-17-19-32(20-18-30)36(33,34)23-13-11-22(35-2)12-14-23)26-28-25-10-6-5-9-24(25)27(29-26)31-15-7-3-4-8-16-31/h5-6,9-14,21H,3-4,7-8,15-20H2,1-2H3. The summed E-state index contributed by atoms with van der Waals surface area (Å²) >= 11 is 0. The summed E-state index contributed by atoms with van der Waals surface area (Å²) in [5.41, 5.74) is 0.967. The lowest BCUT2D eigenvalue weighted by atomic mass is 10.1. The number of rotatable bonds is 6. The molecule has 0 amide bonds. The van der Waals surface area contributed by atoms with Gasteiger partial charge in [0.15, 0.2) is 0 Å². The van der Waals surface area contributed by atoms with Gasteiger partial charge in [-0.05, 0) is 56.2 Å². The van der Waals surface area contributed by atoms with Gasteiger partial charge >= 0.3 is 0 Å². The Morgan fingerprint density at radius 2 is 1.50 bits per heavy atom. The third-order valence-corrected chi connectivity index (χ3v) is 9.31. The maximum atomic E-state index is 13.2. The highest BCUT2D eigenvalue weighted by atomic mass is 32.2. The molecule has 1 atom stereocenters. The minimum Gasteiger partial charge on any atom is -0.497 e. The fraction of sp³-hybridized carbons (Fsp3) is 0.481. The maximum absolute atomic E-state index is 13.2. The van der Waals surface area contributed by atoms with Crippen molar-refractivity contribution in [3.63, 3.8) is 0 Å². The van der Waals surface area contributed by atoms with E-state index in [-0.39, 0.29) is 6.04 Å². The number of piperazine rings is 1. The van der Waals surface area contributed by atoms with Crippen LogP contribution in [-0.4, -0.2) is 74.0 Å². The Kier molecular flexibility index (Phi) is 7.41. The molecule has 0 bridgehead atoms. The summed E-state index contributed by atoms with van der Waals surface area (Å²) in [5.74, 6) is 2.48. The van der Waals surface area contributed by atoms with Crippen molar-refractivity contribution in [3.8, 4) is 5.75 Å². The van der Waals surface area contributed by atoms with Gasteiger partial charge in [0, 0.05) is 44.7 Å². The van der Waals surface area contributed by atoms with Gasteiger partial charge in [-0.25, -0.2) is 18.4 Å². The van der Waals surface area contributed by atoms with Gasteiger partial charge in [0.25, 0.3) is 0 Å². The molecule has 1 unspecified atom stereocenters.